The highest BCUT2D eigenvalue weighted by atomic mass is 19.1. The largest absolute Gasteiger partial charge is 0.421 e. The average molecular weight is 360 g/mol. The van der Waals surface area contributed by atoms with Gasteiger partial charge in [-0.2, -0.15) is 4.39 Å². The first-order chi connectivity index (χ1) is 13.0. The van der Waals surface area contributed by atoms with Gasteiger partial charge in [0.1, 0.15) is 5.75 Å². The molecule has 0 aliphatic carbocycles. The van der Waals surface area contributed by atoms with Crippen LogP contribution in [-0.4, -0.2) is 5.97 Å². The third kappa shape index (κ3) is 4.14. The van der Waals surface area contributed by atoms with Gasteiger partial charge in [0.25, 0.3) is 0 Å². The molecule has 0 amide bonds. The summed E-state index contributed by atoms with van der Waals surface area (Å²) in [6.45, 7) is 5.66. The highest BCUT2D eigenvalue weighted by Gasteiger charge is 2.22. The minimum Gasteiger partial charge on any atom is -0.421 e. The van der Waals surface area contributed by atoms with E-state index in [0.717, 1.165) is 16.7 Å². The summed E-state index contributed by atoms with van der Waals surface area (Å²) in [6, 6.07) is 21.9. The van der Waals surface area contributed by atoms with Crippen molar-refractivity contribution in [3.05, 3.63) is 106 Å². The zero-order chi connectivity index (χ0) is 19.4. The van der Waals surface area contributed by atoms with Crippen LogP contribution in [-0.2, 0) is 4.79 Å². The Kier molecular flexibility index (Phi) is 5.51. The quantitative estimate of drug-likeness (QED) is 0.327. The van der Waals surface area contributed by atoms with E-state index in [9.17, 15) is 4.79 Å². The highest BCUT2D eigenvalue weighted by molar-refractivity contribution is 6.00. The molecule has 3 aromatic rings. The predicted molar refractivity (Wildman–Crippen MR) is 106 cm³/mol. The molecule has 0 aliphatic rings. The van der Waals surface area contributed by atoms with Crippen LogP contribution < -0.4 is 4.74 Å². The van der Waals surface area contributed by atoms with E-state index in [1.807, 2.05) is 69.3 Å². The number of ether oxygens (including phenoxy) is 1. The molecule has 0 atom stereocenters. The molecule has 0 aromatic heterocycles. The fourth-order valence-corrected chi connectivity index (χ4v) is 3.20. The first-order valence-electron chi connectivity index (χ1n) is 8.78. The molecule has 2 nitrogen and oxygen atoms in total. The Labute approximate surface area is 158 Å². The van der Waals surface area contributed by atoms with Gasteiger partial charge in [0, 0.05) is 5.57 Å². The van der Waals surface area contributed by atoms with Crippen LogP contribution in [0.1, 0.15) is 27.8 Å². The van der Waals surface area contributed by atoms with Crippen LogP contribution in [0.2, 0.25) is 0 Å². The maximum atomic E-state index is 15.3. The number of carbonyl (C=O) groups is 1. The van der Waals surface area contributed by atoms with Gasteiger partial charge in [0.15, 0.2) is 0 Å². The molecule has 0 bridgehead atoms. The Morgan fingerprint density at radius 1 is 0.778 bits per heavy atom. The van der Waals surface area contributed by atoms with Gasteiger partial charge in [-0.25, -0.2) is 4.79 Å². The minimum atomic E-state index is -0.993. The van der Waals surface area contributed by atoms with Crippen LogP contribution >= 0.6 is 0 Å². The second kappa shape index (κ2) is 8.00. The molecule has 3 heteroatoms. The molecule has 0 saturated heterocycles. The van der Waals surface area contributed by atoms with Crippen LogP contribution in [0.4, 0.5) is 4.39 Å². The molecule has 0 N–H and O–H groups in total. The van der Waals surface area contributed by atoms with Crippen LogP contribution in [0.25, 0.3) is 5.57 Å². The van der Waals surface area contributed by atoms with Crippen LogP contribution in [0.5, 0.6) is 5.75 Å². The number of hydrogen-bond acceptors (Lipinski definition) is 2. The van der Waals surface area contributed by atoms with E-state index in [4.69, 9.17) is 4.74 Å². The average Bonchev–Trinajstić information content (AvgIpc) is 2.66. The van der Waals surface area contributed by atoms with Crippen molar-refractivity contribution < 1.29 is 13.9 Å². The van der Waals surface area contributed by atoms with Crippen LogP contribution in [0.3, 0.4) is 0 Å². The van der Waals surface area contributed by atoms with E-state index in [1.54, 1.807) is 24.3 Å². The fraction of sp³-hybridized carbons (Fsp3) is 0.125. The molecular formula is C24H21FO2. The molecule has 27 heavy (non-hydrogen) atoms. The van der Waals surface area contributed by atoms with E-state index in [1.165, 1.54) is 0 Å². The standard InChI is InChI=1S/C24H21FO2/c1-16-14-17(2)23(18(3)15-16)27-24(26)22(25)21(19-10-6-4-7-11-19)20-12-8-5-9-13-20/h4-15H,1-3H3. The Hall–Kier alpha value is -3.20. The summed E-state index contributed by atoms with van der Waals surface area (Å²) < 4.78 is 20.7. The summed E-state index contributed by atoms with van der Waals surface area (Å²) in [4.78, 5) is 12.6. The molecule has 3 aromatic carbocycles. The smallest absolute Gasteiger partial charge is 0.373 e. The van der Waals surface area contributed by atoms with Crippen molar-refractivity contribution in [1.29, 1.82) is 0 Å². The van der Waals surface area contributed by atoms with E-state index in [2.05, 4.69) is 0 Å². The SMILES string of the molecule is Cc1cc(C)c(OC(=O)C(F)=C(c2ccccc2)c2ccccc2)c(C)c1. The highest BCUT2D eigenvalue weighted by Crippen LogP contribution is 2.30. The molecular weight excluding hydrogens is 339 g/mol. The van der Waals surface area contributed by atoms with E-state index >= 15 is 4.39 Å². The van der Waals surface area contributed by atoms with Gasteiger partial charge in [-0.15, -0.1) is 0 Å². The lowest BCUT2D eigenvalue weighted by Crippen LogP contribution is -2.12. The number of carbonyl (C=O) groups excluding carboxylic acids is 1. The Morgan fingerprint density at radius 3 is 1.67 bits per heavy atom. The monoisotopic (exact) mass is 360 g/mol. The molecule has 0 aliphatic heterocycles. The van der Waals surface area contributed by atoms with E-state index < -0.39 is 11.8 Å². The number of benzene rings is 3. The third-order valence-electron chi connectivity index (χ3n) is 4.32. The second-order valence-electron chi connectivity index (χ2n) is 6.54. The molecule has 3 rings (SSSR count). The van der Waals surface area contributed by atoms with Gasteiger partial charge < -0.3 is 4.74 Å². The number of halogens is 1. The molecule has 0 heterocycles. The van der Waals surface area contributed by atoms with Crippen LogP contribution in [0.15, 0.2) is 78.6 Å². The third-order valence-corrected chi connectivity index (χ3v) is 4.32. The van der Waals surface area contributed by atoms with E-state index in [-0.39, 0.29) is 5.57 Å². The zero-order valence-corrected chi connectivity index (χ0v) is 15.6. The first kappa shape index (κ1) is 18.6. The van der Waals surface area contributed by atoms with Crippen molar-refractivity contribution in [3.8, 4) is 5.75 Å². The summed E-state index contributed by atoms with van der Waals surface area (Å²) in [6.07, 6.45) is 0. The van der Waals surface area contributed by atoms with Crippen LogP contribution in [0, 0.1) is 20.8 Å². The molecule has 0 unspecified atom stereocenters. The minimum absolute atomic E-state index is 0.226. The summed E-state index contributed by atoms with van der Waals surface area (Å²) in [5.74, 6) is -1.50. The topological polar surface area (TPSA) is 26.3 Å². The summed E-state index contributed by atoms with van der Waals surface area (Å²) in [5.41, 5.74) is 4.13. The van der Waals surface area contributed by atoms with Gasteiger partial charge in [0.05, 0.1) is 0 Å². The van der Waals surface area contributed by atoms with Crippen molar-refractivity contribution in [3.63, 3.8) is 0 Å². The number of hydrogen-bond donors (Lipinski definition) is 0. The van der Waals surface area contributed by atoms with Gasteiger partial charge in [-0.1, -0.05) is 78.4 Å². The second-order valence-corrected chi connectivity index (χ2v) is 6.54. The number of esters is 1. The van der Waals surface area contributed by atoms with Crippen molar-refractivity contribution in [2.45, 2.75) is 20.8 Å². The fourth-order valence-electron chi connectivity index (χ4n) is 3.20. The first-order valence-corrected chi connectivity index (χ1v) is 8.78. The van der Waals surface area contributed by atoms with Crippen molar-refractivity contribution in [2.75, 3.05) is 0 Å². The van der Waals surface area contributed by atoms with Gasteiger partial charge in [-0.3, -0.25) is 0 Å². The van der Waals surface area contributed by atoms with Crippen molar-refractivity contribution in [1.82, 2.24) is 0 Å². The summed E-state index contributed by atoms with van der Waals surface area (Å²) >= 11 is 0. The number of aryl methyl sites for hydroxylation is 3. The maximum absolute atomic E-state index is 15.3. The Bertz CT molecular complexity index is 925. The summed E-state index contributed by atoms with van der Waals surface area (Å²) in [5, 5.41) is 0. The molecule has 0 saturated carbocycles. The molecule has 0 spiro atoms. The normalized spacial score (nSPS) is 10.4. The zero-order valence-electron chi connectivity index (χ0n) is 15.6. The van der Waals surface area contributed by atoms with Gasteiger partial charge in [0.2, 0.25) is 5.83 Å². The van der Waals surface area contributed by atoms with E-state index in [0.29, 0.717) is 16.9 Å². The molecule has 136 valence electrons. The Balaban J connectivity index is 2.06. The van der Waals surface area contributed by atoms with Gasteiger partial charge in [-0.05, 0) is 43.0 Å². The lowest BCUT2D eigenvalue weighted by atomic mass is 9.97. The summed E-state index contributed by atoms with van der Waals surface area (Å²) in [7, 11) is 0. The van der Waals surface area contributed by atoms with Crippen molar-refractivity contribution in [2.24, 2.45) is 0 Å². The Morgan fingerprint density at radius 2 is 1.22 bits per heavy atom. The van der Waals surface area contributed by atoms with Gasteiger partial charge >= 0.3 is 5.97 Å². The lowest BCUT2D eigenvalue weighted by Gasteiger charge is -2.13. The number of rotatable bonds is 4. The maximum Gasteiger partial charge on any atom is 0.373 e. The van der Waals surface area contributed by atoms with Crippen molar-refractivity contribution >= 4 is 11.5 Å². The predicted octanol–water partition coefficient (Wildman–Crippen LogP) is 5.95. The molecule has 0 fully saturated rings. The lowest BCUT2D eigenvalue weighted by molar-refractivity contribution is -0.131. The molecule has 0 radical (unpaired) electrons.